The van der Waals surface area contributed by atoms with Gasteiger partial charge in [-0.05, 0) is 52.6 Å². The van der Waals surface area contributed by atoms with Crippen molar-refractivity contribution < 1.29 is 4.79 Å². The maximum absolute atomic E-state index is 13.2. The standard InChI is InChI=1S/C26H24N2OS/c1-19(2)22-15-13-20(14-16-22)17-24-25(29)28(18-21-9-5-3-6-10-21)26(30-24)27-23-11-7-4-8-12-23/h3-17,19H,18H2,1-2H3/b24-17+,27-26?. The van der Waals surface area contributed by atoms with E-state index in [9.17, 15) is 4.79 Å². The number of aliphatic imine (C=N–C) groups is 1. The minimum absolute atomic E-state index is 0.00790. The zero-order chi connectivity index (χ0) is 20.9. The predicted molar refractivity (Wildman–Crippen MR) is 127 cm³/mol. The number of thioether (sulfide) groups is 1. The fourth-order valence-corrected chi connectivity index (χ4v) is 4.24. The van der Waals surface area contributed by atoms with Gasteiger partial charge < -0.3 is 0 Å². The first kappa shape index (κ1) is 20.2. The van der Waals surface area contributed by atoms with Crippen LogP contribution < -0.4 is 0 Å². The van der Waals surface area contributed by atoms with Gasteiger partial charge in [0.15, 0.2) is 5.17 Å². The molecule has 0 atom stereocenters. The molecule has 0 spiro atoms. The Morgan fingerprint density at radius 2 is 1.53 bits per heavy atom. The quantitative estimate of drug-likeness (QED) is 0.442. The van der Waals surface area contributed by atoms with E-state index < -0.39 is 0 Å². The van der Waals surface area contributed by atoms with Gasteiger partial charge in [0, 0.05) is 0 Å². The van der Waals surface area contributed by atoms with Crippen LogP contribution in [0, 0.1) is 0 Å². The molecule has 0 aromatic heterocycles. The van der Waals surface area contributed by atoms with E-state index in [1.165, 1.54) is 17.3 Å². The van der Waals surface area contributed by atoms with Crippen molar-refractivity contribution in [2.45, 2.75) is 26.3 Å². The molecule has 0 N–H and O–H groups in total. The third-order valence-corrected chi connectivity index (χ3v) is 5.96. The third kappa shape index (κ3) is 4.71. The summed E-state index contributed by atoms with van der Waals surface area (Å²) in [6.07, 6.45) is 1.96. The van der Waals surface area contributed by atoms with Crippen LogP contribution in [0.25, 0.3) is 6.08 Å². The Labute approximate surface area is 182 Å². The lowest BCUT2D eigenvalue weighted by Gasteiger charge is -2.15. The first-order valence-corrected chi connectivity index (χ1v) is 10.9. The monoisotopic (exact) mass is 412 g/mol. The van der Waals surface area contributed by atoms with Crippen LogP contribution in [0.15, 0.2) is 94.8 Å². The molecule has 4 rings (SSSR count). The lowest BCUT2D eigenvalue weighted by molar-refractivity contribution is -0.122. The van der Waals surface area contributed by atoms with Crippen molar-refractivity contribution in [3.63, 3.8) is 0 Å². The fraction of sp³-hybridized carbons (Fsp3) is 0.154. The van der Waals surface area contributed by atoms with E-state index in [1.807, 2.05) is 66.7 Å². The molecule has 3 aromatic carbocycles. The first-order valence-electron chi connectivity index (χ1n) is 10.1. The molecule has 1 aliphatic rings. The highest BCUT2D eigenvalue weighted by molar-refractivity contribution is 8.18. The van der Waals surface area contributed by atoms with Gasteiger partial charge in [-0.1, -0.05) is 86.6 Å². The normalized spacial score (nSPS) is 16.8. The van der Waals surface area contributed by atoms with Crippen molar-refractivity contribution in [1.29, 1.82) is 0 Å². The van der Waals surface area contributed by atoms with Crippen LogP contribution >= 0.6 is 11.8 Å². The summed E-state index contributed by atoms with van der Waals surface area (Å²) in [4.78, 5) is 20.5. The number of amides is 1. The maximum Gasteiger partial charge on any atom is 0.267 e. The number of hydrogen-bond acceptors (Lipinski definition) is 3. The summed E-state index contributed by atoms with van der Waals surface area (Å²) in [5, 5.41) is 0.708. The molecule has 1 fully saturated rings. The fourth-order valence-electron chi connectivity index (χ4n) is 3.24. The lowest BCUT2D eigenvalue weighted by Crippen LogP contribution is -2.28. The summed E-state index contributed by atoms with van der Waals surface area (Å²) in [5.41, 5.74) is 4.23. The summed E-state index contributed by atoms with van der Waals surface area (Å²) in [6, 6.07) is 28.2. The SMILES string of the molecule is CC(C)c1ccc(/C=C2/SC(=Nc3ccccc3)N(Cc3ccccc3)C2=O)cc1. The van der Waals surface area contributed by atoms with E-state index >= 15 is 0 Å². The summed E-state index contributed by atoms with van der Waals surface area (Å²) >= 11 is 1.43. The number of hydrogen-bond donors (Lipinski definition) is 0. The van der Waals surface area contributed by atoms with Crippen molar-refractivity contribution in [2.75, 3.05) is 0 Å². The molecule has 4 heteroatoms. The Morgan fingerprint density at radius 3 is 2.17 bits per heavy atom. The molecule has 3 aromatic rings. The number of nitrogens with zero attached hydrogens (tertiary/aromatic N) is 2. The predicted octanol–water partition coefficient (Wildman–Crippen LogP) is 6.61. The van der Waals surface area contributed by atoms with Gasteiger partial charge in [0.2, 0.25) is 0 Å². The van der Waals surface area contributed by atoms with Crippen LogP contribution in [0.5, 0.6) is 0 Å². The van der Waals surface area contributed by atoms with E-state index in [1.54, 1.807) is 4.90 Å². The molecule has 0 bridgehead atoms. The molecule has 1 saturated heterocycles. The second-order valence-electron chi connectivity index (χ2n) is 7.54. The molecule has 30 heavy (non-hydrogen) atoms. The van der Waals surface area contributed by atoms with E-state index in [0.717, 1.165) is 16.8 Å². The topological polar surface area (TPSA) is 32.7 Å². The van der Waals surface area contributed by atoms with E-state index in [-0.39, 0.29) is 5.91 Å². The second kappa shape index (κ2) is 9.14. The number of amidine groups is 1. The Morgan fingerprint density at radius 1 is 0.900 bits per heavy atom. The van der Waals surface area contributed by atoms with Crippen molar-refractivity contribution in [3.8, 4) is 0 Å². The van der Waals surface area contributed by atoms with Gasteiger partial charge >= 0.3 is 0 Å². The van der Waals surface area contributed by atoms with Crippen molar-refractivity contribution in [3.05, 3.63) is 107 Å². The van der Waals surface area contributed by atoms with E-state index in [4.69, 9.17) is 4.99 Å². The highest BCUT2D eigenvalue weighted by Gasteiger charge is 2.33. The molecule has 3 nitrogen and oxygen atoms in total. The summed E-state index contributed by atoms with van der Waals surface area (Å²) in [7, 11) is 0. The zero-order valence-electron chi connectivity index (χ0n) is 17.2. The van der Waals surface area contributed by atoms with Crippen LogP contribution in [0.3, 0.4) is 0 Å². The first-order chi connectivity index (χ1) is 14.6. The third-order valence-electron chi connectivity index (χ3n) is 4.95. The van der Waals surface area contributed by atoms with Crippen molar-refractivity contribution in [2.24, 2.45) is 4.99 Å². The Kier molecular flexibility index (Phi) is 6.15. The van der Waals surface area contributed by atoms with E-state index in [0.29, 0.717) is 22.5 Å². The summed E-state index contributed by atoms with van der Waals surface area (Å²) in [5.74, 6) is 0.478. The van der Waals surface area contributed by atoms with Crippen LogP contribution in [0.2, 0.25) is 0 Å². The van der Waals surface area contributed by atoms with Gasteiger partial charge in [-0.2, -0.15) is 0 Å². The highest BCUT2D eigenvalue weighted by Crippen LogP contribution is 2.35. The maximum atomic E-state index is 13.2. The van der Waals surface area contributed by atoms with Gasteiger partial charge in [-0.25, -0.2) is 4.99 Å². The van der Waals surface area contributed by atoms with Crippen LogP contribution in [0.4, 0.5) is 5.69 Å². The van der Waals surface area contributed by atoms with Crippen LogP contribution in [-0.4, -0.2) is 16.0 Å². The molecular formula is C26H24N2OS. The average molecular weight is 413 g/mol. The molecular weight excluding hydrogens is 388 g/mol. The van der Waals surface area contributed by atoms with Crippen molar-refractivity contribution >= 4 is 34.6 Å². The minimum atomic E-state index is -0.00790. The highest BCUT2D eigenvalue weighted by atomic mass is 32.2. The van der Waals surface area contributed by atoms with E-state index in [2.05, 4.69) is 38.1 Å². The summed E-state index contributed by atoms with van der Waals surface area (Å²) < 4.78 is 0. The Hall–Kier alpha value is -3.11. The Balaban J connectivity index is 1.66. The Bertz CT molecular complexity index is 1070. The van der Waals surface area contributed by atoms with Crippen LogP contribution in [0.1, 0.15) is 36.5 Å². The number of benzene rings is 3. The number of carbonyl (C=O) groups excluding carboxylic acids is 1. The molecule has 1 amide bonds. The molecule has 0 saturated carbocycles. The number of rotatable bonds is 5. The lowest BCUT2D eigenvalue weighted by atomic mass is 10.0. The number of para-hydroxylation sites is 1. The number of carbonyl (C=O) groups is 1. The molecule has 1 aliphatic heterocycles. The smallest absolute Gasteiger partial charge is 0.267 e. The molecule has 1 heterocycles. The van der Waals surface area contributed by atoms with Crippen LogP contribution in [-0.2, 0) is 11.3 Å². The average Bonchev–Trinajstić information content (AvgIpc) is 3.04. The van der Waals surface area contributed by atoms with Gasteiger partial charge in [0.1, 0.15) is 0 Å². The van der Waals surface area contributed by atoms with Gasteiger partial charge in [0.25, 0.3) is 5.91 Å². The second-order valence-corrected chi connectivity index (χ2v) is 8.55. The molecule has 150 valence electrons. The zero-order valence-corrected chi connectivity index (χ0v) is 18.0. The molecule has 0 radical (unpaired) electrons. The van der Waals surface area contributed by atoms with Crippen molar-refractivity contribution in [1.82, 2.24) is 4.90 Å². The summed E-state index contributed by atoms with van der Waals surface area (Å²) in [6.45, 7) is 4.86. The minimum Gasteiger partial charge on any atom is -0.282 e. The van der Waals surface area contributed by atoms with Gasteiger partial charge in [-0.15, -0.1) is 0 Å². The molecule has 0 unspecified atom stereocenters. The largest absolute Gasteiger partial charge is 0.282 e. The van der Waals surface area contributed by atoms with Gasteiger partial charge in [-0.3, -0.25) is 9.69 Å². The molecule has 0 aliphatic carbocycles. The van der Waals surface area contributed by atoms with Gasteiger partial charge in [0.05, 0.1) is 17.1 Å².